The van der Waals surface area contributed by atoms with Gasteiger partial charge in [0.2, 0.25) is 5.88 Å². The second-order valence-electron chi connectivity index (χ2n) is 6.10. The Labute approximate surface area is 143 Å². The van der Waals surface area contributed by atoms with Crippen molar-refractivity contribution in [1.82, 2.24) is 9.88 Å². The molecule has 0 aliphatic carbocycles. The molecule has 1 heterocycles. The standard InChI is InChI=1S/C17H28BrN3O/c1-7-21(6)11-19-16-10-15(18)17(20-14(16)5)22-13(4)9-8-12(2)3/h10-13H,7-9H2,1-6H3/b19-11+. The maximum Gasteiger partial charge on any atom is 0.228 e. The fraction of sp³-hybridized carbons (Fsp3) is 0.647. The first-order chi connectivity index (χ1) is 10.3. The molecule has 0 fully saturated rings. The molecule has 4 nitrogen and oxygen atoms in total. The number of rotatable bonds is 8. The van der Waals surface area contributed by atoms with Crippen LogP contribution >= 0.6 is 15.9 Å². The molecule has 124 valence electrons. The molecule has 0 aromatic carbocycles. The average Bonchev–Trinajstić information content (AvgIpc) is 2.46. The molecule has 0 bridgehead atoms. The smallest absolute Gasteiger partial charge is 0.228 e. The summed E-state index contributed by atoms with van der Waals surface area (Å²) in [6.45, 7) is 11.5. The van der Waals surface area contributed by atoms with Gasteiger partial charge in [0.1, 0.15) is 0 Å². The first-order valence-corrected chi connectivity index (χ1v) is 8.71. The lowest BCUT2D eigenvalue weighted by Gasteiger charge is -2.17. The second kappa shape index (κ2) is 9.13. The van der Waals surface area contributed by atoms with Crippen LogP contribution < -0.4 is 4.74 Å². The van der Waals surface area contributed by atoms with Gasteiger partial charge >= 0.3 is 0 Å². The zero-order chi connectivity index (χ0) is 16.7. The second-order valence-corrected chi connectivity index (χ2v) is 6.95. The molecule has 0 N–H and O–H groups in total. The van der Waals surface area contributed by atoms with E-state index in [-0.39, 0.29) is 6.10 Å². The van der Waals surface area contributed by atoms with E-state index in [1.807, 2.05) is 31.3 Å². The summed E-state index contributed by atoms with van der Waals surface area (Å²) in [4.78, 5) is 11.0. The predicted molar refractivity (Wildman–Crippen MR) is 97.3 cm³/mol. The number of halogens is 1. The number of ether oxygens (including phenoxy) is 1. The summed E-state index contributed by atoms with van der Waals surface area (Å²) in [5, 5.41) is 0. The van der Waals surface area contributed by atoms with E-state index in [1.54, 1.807) is 0 Å². The average molecular weight is 370 g/mol. The maximum absolute atomic E-state index is 5.96. The first-order valence-electron chi connectivity index (χ1n) is 7.91. The summed E-state index contributed by atoms with van der Waals surface area (Å²) in [5.74, 6) is 1.34. The Balaban J connectivity index is 2.79. The Hall–Kier alpha value is -1.10. The van der Waals surface area contributed by atoms with Crippen LogP contribution in [0.25, 0.3) is 0 Å². The third-order valence-electron chi connectivity index (χ3n) is 3.46. The van der Waals surface area contributed by atoms with Crippen molar-refractivity contribution < 1.29 is 4.74 Å². The van der Waals surface area contributed by atoms with Crippen molar-refractivity contribution in [2.45, 2.75) is 53.6 Å². The molecule has 5 heteroatoms. The summed E-state index contributed by atoms with van der Waals surface area (Å²) in [6, 6.07) is 1.97. The van der Waals surface area contributed by atoms with Gasteiger partial charge in [0, 0.05) is 13.6 Å². The van der Waals surface area contributed by atoms with Gasteiger partial charge in [0.25, 0.3) is 0 Å². The molecule has 1 atom stereocenters. The Kier molecular flexibility index (Phi) is 7.87. The molecule has 0 aliphatic heterocycles. The van der Waals surface area contributed by atoms with Gasteiger partial charge in [-0.25, -0.2) is 9.98 Å². The topological polar surface area (TPSA) is 37.7 Å². The van der Waals surface area contributed by atoms with Crippen LogP contribution in [-0.2, 0) is 0 Å². The highest BCUT2D eigenvalue weighted by molar-refractivity contribution is 9.10. The van der Waals surface area contributed by atoms with Crippen molar-refractivity contribution in [2.75, 3.05) is 13.6 Å². The lowest BCUT2D eigenvalue weighted by molar-refractivity contribution is 0.192. The molecule has 0 amide bonds. The maximum atomic E-state index is 5.96. The highest BCUT2D eigenvalue weighted by Gasteiger charge is 2.12. The lowest BCUT2D eigenvalue weighted by Crippen LogP contribution is -2.15. The molecule has 22 heavy (non-hydrogen) atoms. The van der Waals surface area contributed by atoms with Crippen molar-refractivity contribution in [3.63, 3.8) is 0 Å². The summed E-state index contributed by atoms with van der Waals surface area (Å²) in [5.41, 5.74) is 1.73. The number of aryl methyl sites for hydroxylation is 1. The van der Waals surface area contributed by atoms with Crippen molar-refractivity contribution in [3.8, 4) is 5.88 Å². The van der Waals surface area contributed by atoms with Gasteiger partial charge in [-0.15, -0.1) is 0 Å². The van der Waals surface area contributed by atoms with E-state index in [0.29, 0.717) is 11.8 Å². The van der Waals surface area contributed by atoms with E-state index in [0.717, 1.165) is 35.2 Å². The van der Waals surface area contributed by atoms with Gasteiger partial charge in [-0.1, -0.05) is 13.8 Å². The minimum atomic E-state index is 0.158. The van der Waals surface area contributed by atoms with Crippen molar-refractivity contribution in [3.05, 3.63) is 16.2 Å². The monoisotopic (exact) mass is 369 g/mol. The zero-order valence-corrected chi connectivity index (χ0v) is 16.1. The molecule has 0 spiro atoms. The van der Waals surface area contributed by atoms with Crippen LogP contribution in [0.1, 0.15) is 46.2 Å². The van der Waals surface area contributed by atoms with Gasteiger partial charge in [-0.3, -0.25) is 0 Å². The van der Waals surface area contributed by atoms with Crippen LogP contribution in [0.4, 0.5) is 5.69 Å². The summed E-state index contributed by atoms with van der Waals surface area (Å²) in [6.07, 6.45) is 4.17. The molecule has 0 saturated heterocycles. The Morgan fingerprint density at radius 2 is 2.05 bits per heavy atom. The van der Waals surface area contributed by atoms with Crippen molar-refractivity contribution >= 4 is 28.0 Å². The minimum Gasteiger partial charge on any atom is -0.474 e. The van der Waals surface area contributed by atoms with E-state index >= 15 is 0 Å². The van der Waals surface area contributed by atoms with Gasteiger partial charge in [0.15, 0.2) is 0 Å². The lowest BCUT2D eigenvalue weighted by atomic mass is 10.1. The molecular weight excluding hydrogens is 342 g/mol. The number of pyridine rings is 1. The normalized spacial score (nSPS) is 12.9. The number of aromatic nitrogens is 1. The van der Waals surface area contributed by atoms with Crippen LogP contribution in [0, 0.1) is 12.8 Å². The predicted octanol–water partition coefficient (Wildman–Crippen LogP) is 4.97. The molecule has 1 rings (SSSR count). The highest BCUT2D eigenvalue weighted by atomic mass is 79.9. The van der Waals surface area contributed by atoms with E-state index in [2.05, 4.69) is 53.6 Å². The van der Waals surface area contributed by atoms with E-state index in [4.69, 9.17) is 4.74 Å². The number of aliphatic imine (C=N–C) groups is 1. The van der Waals surface area contributed by atoms with Crippen LogP contribution in [0.5, 0.6) is 5.88 Å². The minimum absolute atomic E-state index is 0.158. The Morgan fingerprint density at radius 1 is 1.36 bits per heavy atom. The number of hydrogen-bond donors (Lipinski definition) is 0. The fourth-order valence-electron chi connectivity index (χ4n) is 1.82. The van der Waals surface area contributed by atoms with Crippen LogP contribution in [0.15, 0.2) is 15.5 Å². The van der Waals surface area contributed by atoms with Gasteiger partial charge in [0.05, 0.1) is 28.3 Å². The molecule has 0 saturated carbocycles. The molecule has 1 aromatic rings. The van der Waals surface area contributed by atoms with Crippen molar-refractivity contribution in [2.24, 2.45) is 10.9 Å². The zero-order valence-electron chi connectivity index (χ0n) is 14.6. The number of hydrogen-bond acceptors (Lipinski definition) is 3. The molecule has 0 aliphatic rings. The Bertz CT molecular complexity index is 503. The molecule has 0 radical (unpaired) electrons. The third kappa shape index (κ3) is 6.34. The molecule has 1 aromatic heterocycles. The quantitative estimate of drug-likeness (QED) is 0.479. The summed E-state index contributed by atoms with van der Waals surface area (Å²) < 4.78 is 6.81. The van der Waals surface area contributed by atoms with Crippen LogP contribution in [-0.4, -0.2) is 35.9 Å². The Morgan fingerprint density at radius 3 is 2.64 bits per heavy atom. The SMILES string of the molecule is CCN(C)/C=N/c1cc(Br)c(OC(C)CCC(C)C)nc1C. The van der Waals surface area contributed by atoms with E-state index < -0.39 is 0 Å². The first kappa shape index (κ1) is 18.9. The molecular formula is C17H28BrN3O. The highest BCUT2D eigenvalue weighted by Crippen LogP contribution is 2.30. The molecule has 1 unspecified atom stereocenters. The third-order valence-corrected chi connectivity index (χ3v) is 4.03. The van der Waals surface area contributed by atoms with Gasteiger partial charge < -0.3 is 9.64 Å². The summed E-state index contributed by atoms with van der Waals surface area (Å²) in [7, 11) is 2.00. The summed E-state index contributed by atoms with van der Waals surface area (Å²) >= 11 is 3.54. The van der Waals surface area contributed by atoms with E-state index in [9.17, 15) is 0 Å². The largest absolute Gasteiger partial charge is 0.474 e. The van der Waals surface area contributed by atoms with Gasteiger partial charge in [-0.05, 0) is 61.5 Å². The van der Waals surface area contributed by atoms with Crippen LogP contribution in [0.3, 0.4) is 0 Å². The van der Waals surface area contributed by atoms with E-state index in [1.165, 1.54) is 0 Å². The van der Waals surface area contributed by atoms with Gasteiger partial charge in [-0.2, -0.15) is 0 Å². The fourth-order valence-corrected chi connectivity index (χ4v) is 2.22. The van der Waals surface area contributed by atoms with Crippen LogP contribution in [0.2, 0.25) is 0 Å². The van der Waals surface area contributed by atoms with Crippen molar-refractivity contribution in [1.29, 1.82) is 0 Å². The number of nitrogens with zero attached hydrogens (tertiary/aromatic N) is 3.